The van der Waals surface area contributed by atoms with Crippen LogP contribution in [0.5, 0.6) is 5.75 Å². The van der Waals surface area contributed by atoms with Gasteiger partial charge in [0.25, 0.3) is 5.69 Å². The van der Waals surface area contributed by atoms with Gasteiger partial charge in [-0.3, -0.25) is 19.7 Å². The number of rotatable bonds is 3. The number of nitro benzene ring substituents is 1. The molecular formula is C19H18N2O5. The number of nitrogens with zero attached hydrogens (tertiary/aromatic N) is 2. The van der Waals surface area contributed by atoms with Crippen molar-refractivity contribution in [2.24, 2.45) is 23.7 Å². The van der Waals surface area contributed by atoms with Gasteiger partial charge in [-0.15, -0.1) is 0 Å². The molecule has 2 fully saturated rings. The van der Waals surface area contributed by atoms with Crippen LogP contribution in [0, 0.1) is 33.8 Å². The Kier molecular flexibility index (Phi) is 3.50. The summed E-state index contributed by atoms with van der Waals surface area (Å²) in [5, 5.41) is 11.5. The second-order valence-corrected chi connectivity index (χ2v) is 7.07. The van der Waals surface area contributed by atoms with Gasteiger partial charge in [0.15, 0.2) is 0 Å². The Labute approximate surface area is 150 Å². The highest BCUT2D eigenvalue weighted by Gasteiger charge is 2.62. The van der Waals surface area contributed by atoms with Crippen LogP contribution in [0.25, 0.3) is 0 Å². The lowest BCUT2D eigenvalue weighted by Gasteiger charge is -2.19. The zero-order valence-corrected chi connectivity index (χ0v) is 14.6. The first-order valence-electron chi connectivity index (χ1n) is 8.42. The average molecular weight is 354 g/mol. The van der Waals surface area contributed by atoms with Crippen molar-refractivity contribution in [1.82, 2.24) is 0 Å². The number of ether oxygens (including phenoxy) is 1. The van der Waals surface area contributed by atoms with Crippen molar-refractivity contribution < 1.29 is 19.2 Å². The highest BCUT2D eigenvalue weighted by Crippen LogP contribution is 2.57. The Morgan fingerprint density at radius 2 is 1.69 bits per heavy atom. The van der Waals surface area contributed by atoms with Gasteiger partial charge in [-0.25, -0.2) is 4.90 Å². The number of allylic oxidation sites excluding steroid dienone is 4. The van der Waals surface area contributed by atoms with Gasteiger partial charge in [0.2, 0.25) is 11.8 Å². The molecule has 2 aliphatic carbocycles. The summed E-state index contributed by atoms with van der Waals surface area (Å²) >= 11 is 0. The Bertz CT molecular complexity index is 879. The first kappa shape index (κ1) is 16.5. The zero-order valence-electron chi connectivity index (χ0n) is 14.6. The molecule has 4 atom stereocenters. The number of fused-ring (bicyclic) bond motifs is 5. The molecule has 0 spiro atoms. The SMILES string of the molecule is COc1ccc(N2C(=O)C3C4C=CC(C4=C(C)C)C3C2=O)c([N+](=O)[O-])c1. The van der Waals surface area contributed by atoms with Gasteiger partial charge in [-0.1, -0.05) is 23.3 Å². The molecule has 26 heavy (non-hydrogen) atoms. The zero-order chi connectivity index (χ0) is 18.7. The fourth-order valence-electron chi connectivity index (χ4n) is 4.63. The van der Waals surface area contributed by atoms with Crippen molar-refractivity contribution in [2.45, 2.75) is 13.8 Å². The standard InChI is InChI=1S/C19H18N2O5/c1-9(2)15-11-5-6-12(15)17-16(11)18(22)20(19(17)23)13-7-4-10(26-3)8-14(13)21(24)25/h4-8,11-12,16-17H,1-3H3. The number of carbonyl (C=O) groups excluding carboxylic acids is 2. The smallest absolute Gasteiger partial charge is 0.297 e. The van der Waals surface area contributed by atoms with E-state index in [1.807, 2.05) is 26.0 Å². The van der Waals surface area contributed by atoms with Gasteiger partial charge in [-0.2, -0.15) is 0 Å². The van der Waals surface area contributed by atoms with Crippen LogP contribution >= 0.6 is 0 Å². The van der Waals surface area contributed by atoms with Crippen LogP contribution in [0.15, 0.2) is 41.5 Å². The highest BCUT2D eigenvalue weighted by molar-refractivity contribution is 6.24. The van der Waals surface area contributed by atoms with E-state index >= 15 is 0 Å². The molecule has 0 radical (unpaired) electrons. The molecule has 134 valence electrons. The second-order valence-electron chi connectivity index (χ2n) is 7.07. The summed E-state index contributed by atoms with van der Waals surface area (Å²) in [5.74, 6) is -1.53. The van der Waals surface area contributed by atoms with Crippen LogP contribution in [0.4, 0.5) is 11.4 Å². The second kappa shape index (κ2) is 5.52. The third-order valence-electron chi connectivity index (χ3n) is 5.61. The van der Waals surface area contributed by atoms with Crippen LogP contribution in [0.1, 0.15) is 13.8 Å². The lowest BCUT2D eigenvalue weighted by molar-refractivity contribution is -0.384. The molecule has 1 saturated heterocycles. The molecule has 1 saturated carbocycles. The lowest BCUT2D eigenvalue weighted by Crippen LogP contribution is -2.33. The molecule has 3 aliphatic rings. The molecule has 7 heteroatoms. The summed E-state index contributed by atoms with van der Waals surface area (Å²) in [6.45, 7) is 3.98. The maximum absolute atomic E-state index is 13.1. The summed E-state index contributed by atoms with van der Waals surface area (Å²) in [5.41, 5.74) is 1.97. The number of amides is 2. The Morgan fingerprint density at radius 3 is 2.15 bits per heavy atom. The van der Waals surface area contributed by atoms with Crippen molar-refractivity contribution in [2.75, 3.05) is 12.0 Å². The Hall–Kier alpha value is -2.96. The molecule has 1 heterocycles. The van der Waals surface area contributed by atoms with E-state index in [4.69, 9.17) is 4.74 Å². The average Bonchev–Trinajstić information content (AvgIpc) is 3.24. The molecule has 4 unspecified atom stereocenters. The van der Waals surface area contributed by atoms with Gasteiger partial charge in [0.1, 0.15) is 11.4 Å². The number of carbonyl (C=O) groups is 2. The monoisotopic (exact) mass is 354 g/mol. The van der Waals surface area contributed by atoms with Gasteiger partial charge in [0.05, 0.1) is 29.9 Å². The van der Waals surface area contributed by atoms with Crippen LogP contribution in [0.2, 0.25) is 0 Å². The van der Waals surface area contributed by atoms with E-state index < -0.39 is 16.8 Å². The van der Waals surface area contributed by atoms with E-state index in [-0.39, 0.29) is 35.0 Å². The summed E-state index contributed by atoms with van der Waals surface area (Å²) in [4.78, 5) is 38.0. The molecule has 0 N–H and O–H groups in total. The van der Waals surface area contributed by atoms with E-state index in [9.17, 15) is 19.7 Å². The van der Waals surface area contributed by atoms with Gasteiger partial charge >= 0.3 is 0 Å². The predicted octanol–water partition coefficient (Wildman–Crippen LogP) is 2.86. The molecule has 0 aromatic heterocycles. The molecular weight excluding hydrogens is 336 g/mol. The maximum atomic E-state index is 13.1. The fraction of sp³-hybridized carbons (Fsp3) is 0.368. The first-order chi connectivity index (χ1) is 12.4. The number of imide groups is 1. The molecule has 2 amide bonds. The minimum absolute atomic E-state index is 0.0124. The van der Waals surface area contributed by atoms with Gasteiger partial charge in [-0.05, 0) is 26.0 Å². The van der Waals surface area contributed by atoms with E-state index in [0.717, 1.165) is 16.0 Å². The number of nitro groups is 1. The third kappa shape index (κ3) is 2.00. The molecule has 7 nitrogen and oxygen atoms in total. The number of hydrogen-bond donors (Lipinski definition) is 0. The lowest BCUT2D eigenvalue weighted by atomic mass is 9.85. The topological polar surface area (TPSA) is 89.8 Å². The number of benzene rings is 1. The van der Waals surface area contributed by atoms with Crippen molar-refractivity contribution >= 4 is 23.2 Å². The molecule has 4 rings (SSSR count). The van der Waals surface area contributed by atoms with Gasteiger partial charge in [0, 0.05) is 11.8 Å². The molecule has 1 aliphatic heterocycles. The summed E-state index contributed by atoms with van der Waals surface area (Å²) in [6, 6.07) is 4.16. The van der Waals surface area contributed by atoms with Gasteiger partial charge < -0.3 is 4.74 Å². The summed E-state index contributed by atoms with van der Waals surface area (Å²) < 4.78 is 5.03. The predicted molar refractivity (Wildman–Crippen MR) is 93.6 cm³/mol. The first-order valence-corrected chi connectivity index (χ1v) is 8.42. The third-order valence-corrected chi connectivity index (χ3v) is 5.61. The van der Waals surface area contributed by atoms with E-state index in [0.29, 0.717) is 5.75 Å². The minimum Gasteiger partial charge on any atom is -0.496 e. The minimum atomic E-state index is -0.596. The molecule has 1 aromatic rings. The molecule has 1 aromatic carbocycles. The van der Waals surface area contributed by atoms with Crippen molar-refractivity contribution in [3.05, 3.63) is 51.6 Å². The Balaban J connectivity index is 1.79. The maximum Gasteiger partial charge on any atom is 0.297 e. The van der Waals surface area contributed by atoms with Crippen LogP contribution in [-0.4, -0.2) is 23.8 Å². The fourth-order valence-corrected chi connectivity index (χ4v) is 4.63. The van der Waals surface area contributed by atoms with Crippen molar-refractivity contribution in [3.8, 4) is 5.75 Å². The van der Waals surface area contributed by atoms with Crippen molar-refractivity contribution in [1.29, 1.82) is 0 Å². The number of methoxy groups -OCH3 is 1. The van der Waals surface area contributed by atoms with E-state index in [1.165, 1.54) is 25.3 Å². The largest absolute Gasteiger partial charge is 0.496 e. The number of hydrogen-bond acceptors (Lipinski definition) is 5. The summed E-state index contributed by atoms with van der Waals surface area (Å²) in [6.07, 6.45) is 3.98. The van der Waals surface area contributed by atoms with Crippen LogP contribution < -0.4 is 9.64 Å². The van der Waals surface area contributed by atoms with Crippen LogP contribution in [0.3, 0.4) is 0 Å². The summed E-state index contributed by atoms with van der Waals surface area (Å²) in [7, 11) is 1.40. The highest BCUT2D eigenvalue weighted by atomic mass is 16.6. The van der Waals surface area contributed by atoms with E-state index in [1.54, 1.807) is 0 Å². The quantitative estimate of drug-likeness (QED) is 0.360. The van der Waals surface area contributed by atoms with E-state index in [2.05, 4.69) is 0 Å². The molecule has 2 bridgehead atoms. The number of anilines is 1. The normalized spacial score (nSPS) is 28.7. The van der Waals surface area contributed by atoms with Crippen molar-refractivity contribution in [3.63, 3.8) is 0 Å². The van der Waals surface area contributed by atoms with Crippen LogP contribution in [-0.2, 0) is 9.59 Å². The Morgan fingerprint density at radius 1 is 1.12 bits per heavy atom.